The van der Waals surface area contributed by atoms with E-state index in [9.17, 15) is 4.79 Å². The molecule has 0 atom stereocenters. The van der Waals surface area contributed by atoms with Crippen LogP contribution in [0.1, 0.15) is 5.56 Å². The Hall–Kier alpha value is 0.730. The van der Waals surface area contributed by atoms with Crippen molar-refractivity contribution in [1.82, 2.24) is 0 Å². The molecule has 1 aromatic carbocycles. The summed E-state index contributed by atoms with van der Waals surface area (Å²) in [6.07, 6.45) is 0.808. The molecule has 0 aliphatic carbocycles. The predicted molar refractivity (Wildman–Crippen MR) is 70.5 cm³/mol. The average Bonchev–Trinajstić information content (AvgIpc) is 2.36. The van der Waals surface area contributed by atoms with Gasteiger partial charge in [-0.2, -0.15) is 0 Å². The molecule has 0 spiro atoms. The Morgan fingerprint density at radius 3 is 2.50 bits per heavy atom. The van der Waals surface area contributed by atoms with E-state index in [0.29, 0.717) is 3.62 Å². The van der Waals surface area contributed by atoms with Gasteiger partial charge in [0.2, 0.25) is 0 Å². The molecule has 1 aromatic rings. The first-order valence-electron chi connectivity index (χ1n) is 3.76. The molecule has 2 rings (SSSR count). The molecule has 0 saturated carbocycles. The van der Waals surface area contributed by atoms with Gasteiger partial charge in [-0.3, -0.25) is 0 Å². The van der Waals surface area contributed by atoms with Crippen LogP contribution < -0.4 is 3.61 Å². The molecule has 1 heterocycles. The topological polar surface area (TPSA) is 17.1 Å². The molecule has 0 fully saturated rings. The summed E-state index contributed by atoms with van der Waals surface area (Å²) in [4.78, 5) is 10.9. The third-order valence-corrected chi connectivity index (χ3v) is 13.8. The summed E-state index contributed by atoms with van der Waals surface area (Å²) in [7, 11) is 12.6. The molecular formula is C9H5Cl2IOTe. The van der Waals surface area contributed by atoms with Crippen molar-refractivity contribution in [2.75, 3.05) is 0 Å². The van der Waals surface area contributed by atoms with Crippen molar-refractivity contribution < 1.29 is 4.79 Å². The minimum atomic E-state index is -3.26. The molecule has 1 aliphatic rings. The van der Waals surface area contributed by atoms with E-state index in [-0.39, 0.29) is 0 Å². The summed E-state index contributed by atoms with van der Waals surface area (Å²) in [5.41, 5.74) is 1.03. The monoisotopic (exact) mass is 456 g/mol. The predicted octanol–water partition coefficient (Wildman–Crippen LogP) is 2.71. The van der Waals surface area contributed by atoms with Gasteiger partial charge in [-0.1, -0.05) is 0 Å². The van der Waals surface area contributed by atoms with E-state index in [4.69, 9.17) is 17.9 Å². The van der Waals surface area contributed by atoms with Crippen molar-refractivity contribution in [1.29, 1.82) is 0 Å². The van der Waals surface area contributed by atoms with Gasteiger partial charge in [-0.25, -0.2) is 0 Å². The van der Waals surface area contributed by atoms with Crippen LogP contribution in [0.2, 0.25) is 0 Å². The van der Waals surface area contributed by atoms with Gasteiger partial charge in [0.05, 0.1) is 0 Å². The second kappa shape index (κ2) is 3.95. The van der Waals surface area contributed by atoms with Crippen molar-refractivity contribution in [3.63, 3.8) is 0 Å². The van der Waals surface area contributed by atoms with Gasteiger partial charge in [0, 0.05) is 0 Å². The van der Waals surface area contributed by atoms with E-state index in [2.05, 4.69) is 22.6 Å². The molecule has 0 saturated heterocycles. The molecule has 0 N–H and O–H groups in total. The van der Waals surface area contributed by atoms with E-state index in [1.165, 1.54) is 0 Å². The number of carbonyl (C=O) groups is 1. The summed E-state index contributed by atoms with van der Waals surface area (Å²) in [5, 5.41) is 0. The maximum atomic E-state index is 10.9. The van der Waals surface area contributed by atoms with Crippen molar-refractivity contribution in [3.8, 4) is 0 Å². The van der Waals surface area contributed by atoms with Crippen LogP contribution in [0.5, 0.6) is 0 Å². The standard InChI is InChI=1S/C9H5Cl2IOTe/c10-14(11)7-4-2-1-3-6(7)9(12)8(14)5-13/h1-5H. The van der Waals surface area contributed by atoms with Crippen LogP contribution in [0, 0.1) is 0 Å². The fourth-order valence-electron chi connectivity index (χ4n) is 1.35. The van der Waals surface area contributed by atoms with Gasteiger partial charge in [-0.05, 0) is 0 Å². The number of halogens is 3. The molecule has 1 nitrogen and oxygen atoms in total. The van der Waals surface area contributed by atoms with Crippen LogP contribution in [0.3, 0.4) is 0 Å². The van der Waals surface area contributed by atoms with Crippen molar-refractivity contribution in [2.24, 2.45) is 0 Å². The quantitative estimate of drug-likeness (QED) is 0.362. The van der Waals surface area contributed by atoms with Crippen LogP contribution in [0.15, 0.2) is 27.9 Å². The molecule has 0 aromatic heterocycles. The zero-order valence-electron chi connectivity index (χ0n) is 6.84. The molecule has 0 amide bonds. The Labute approximate surface area is 107 Å². The SMILES string of the molecule is O=CC1=C(I)c2ccccc2[Te]1(Cl)Cl. The summed E-state index contributed by atoms with van der Waals surface area (Å²) in [6, 6.07) is 7.71. The Bertz CT molecular complexity index is 442. The van der Waals surface area contributed by atoms with Crippen molar-refractivity contribution in [3.05, 3.63) is 33.4 Å². The number of allylic oxidation sites excluding steroid dienone is 1. The number of hydrogen-bond acceptors (Lipinski definition) is 1. The summed E-state index contributed by atoms with van der Waals surface area (Å²) < 4.78 is 2.52. The Morgan fingerprint density at radius 2 is 1.93 bits per heavy atom. The second-order valence-corrected chi connectivity index (χ2v) is 16.3. The Morgan fingerprint density at radius 1 is 1.29 bits per heavy atom. The number of rotatable bonds is 1. The molecular weight excluding hydrogens is 450 g/mol. The molecule has 0 radical (unpaired) electrons. The molecule has 74 valence electrons. The Balaban J connectivity index is 2.74. The van der Waals surface area contributed by atoms with Crippen LogP contribution in [-0.2, 0) is 4.79 Å². The van der Waals surface area contributed by atoms with Gasteiger partial charge < -0.3 is 0 Å². The maximum absolute atomic E-state index is 10.9. The number of aldehydes is 1. The summed E-state index contributed by atoms with van der Waals surface area (Å²) in [5.74, 6) is 0. The van der Waals surface area contributed by atoms with Crippen LogP contribution in [-0.4, -0.2) is 22.2 Å². The van der Waals surface area contributed by atoms with Gasteiger partial charge in [0.1, 0.15) is 0 Å². The van der Waals surface area contributed by atoms with Crippen molar-refractivity contribution >= 4 is 69.9 Å². The van der Waals surface area contributed by atoms with Gasteiger partial charge in [0.25, 0.3) is 0 Å². The molecule has 14 heavy (non-hydrogen) atoms. The number of hydrogen-bond donors (Lipinski definition) is 0. The second-order valence-electron chi connectivity index (χ2n) is 2.76. The first-order chi connectivity index (χ1) is 6.59. The third-order valence-electron chi connectivity index (χ3n) is 2.00. The summed E-state index contributed by atoms with van der Waals surface area (Å²) in [6.45, 7) is 0. The van der Waals surface area contributed by atoms with Gasteiger partial charge in [0.15, 0.2) is 0 Å². The number of benzene rings is 1. The number of carbonyl (C=O) groups excluding carboxylic acids is 1. The Kier molecular flexibility index (Phi) is 3.17. The zero-order valence-corrected chi connectivity index (χ0v) is 12.8. The van der Waals surface area contributed by atoms with Crippen LogP contribution in [0.4, 0.5) is 0 Å². The van der Waals surface area contributed by atoms with Crippen LogP contribution >= 0.6 is 40.5 Å². The molecule has 0 bridgehead atoms. The first kappa shape index (κ1) is 11.2. The van der Waals surface area contributed by atoms with E-state index in [1.54, 1.807) is 0 Å². The minimum absolute atomic E-state index is 0.623. The fourth-order valence-corrected chi connectivity index (χ4v) is 13.8. The summed E-state index contributed by atoms with van der Waals surface area (Å²) >= 11 is -1.13. The number of fused-ring (bicyclic) bond motifs is 1. The van der Waals surface area contributed by atoms with Gasteiger partial charge >= 0.3 is 108 Å². The third kappa shape index (κ3) is 1.54. The van der Waals surface area contributed by atoms with Crippen molar-refractivity contribution in [2.45, 2.75) is 0 Å². The van der Waals surface area contributed by atoms with E-state index in [0.717, 1.165) is 19.0 Å². The van der Waals surface area contributed by atoms with E-state index < -0.39 is 15.9 Å². The van der Waals surface area contributed by atoms with Crippen LogP contribution in [0.25, 0.3) is 3.58 Å². The van der Waals surface area contributed by atoms with Gasteiger partial charge in [-0.15, -0.1) is 0 Å². The van der Waals surface area contributed by atoms with E-state index >= 15 is 0 Å². The first-order valence-corrected chi connectivity index (χ1v) is 13.1. The normalized spacial score (nSPS) is 20.5. The molecule has 1 aliphatic heterocycles. The zero-order chi connectivity index (χ0) is 10.3. The van der Waals surface area contributed by atoms with E-state index in [1.807, 2.05) is 24.3 Å². The molecule has 0 unspecified atom stereocenters. The molecule has 5 heteroatoms. The average molecular weight is 455 g/mol. The fraction of sp³-hybridized carbons (Fsp3) is 0.